The summed E-state index contributed by atoms with van der Waals surface area (Å²) in [6.07, 6.45) is 1.95. The van der Waals surface area contributed by atoms with Crippen LogP contribution in [0.2, 0.25) is 0 Å². The predicted molar refractivity (Wildman–Crippen MR) is 76.2 cm³/mol. The average Bonchev–Trinajstić information content (AvgIpc) is 2.72. The lowest BCUT2D eigenvalue weighted by atomic mass is 10.1. The van der Waals surface area contributed by atoms with Gasteiger partial charge in [-0.15, -0.1) is 11.3 Å². The van der Waals surface area contributed by atoms with Crippen LogP contribution in [0.3, 0.4) is 0 Å². The first kappa shape index (κ1) is 12.7. The first-order valence-corrected chi connectivity index (χ1v) is 7.16. The highest BCUT2D eigenvalue weighted by Crippen LogP contribution is 2.19. The maximum Gasteiger partial charge on any atom is 0.0897 e. The molecular formula is C13H15BrN2S. The monoisotopic (exact) mass is 310 g/mol. The summed E-state index contributed by atoms with van der Waals surface area (Å²) in [6, 6.07) is 8.74. The van der Waals surface area contributed by atoms with E-state index < -0.39 is 0 Å². The van der Waals surface area contributed by atoms with Crippen molar-refractivity contribution in [1.82, 2.24) is 10.3 Å². The zero-order valence-corrected chi connectivity index (χ0v) is 12.3. The number of nitrogens with zero attached hydrogens (tertiary/aromatic N) is 1. The minimum absolute atomic E-state index is 0.343. The molecule has 1 N–H and O–H groups in total. The van der Waals surface area contributed by atoms with Crippen molar-refractivity contribution in [3.8, 4) is 0 Å². The van der Waals surface area contributed by atoms with Gasteiger partial charge in [-0.05, 0) is 31.5 Å². The molecule has 0 radical (unpaired) electrons. The van der Waals surface area contributed by atoms with Gasteiger partial charge in [0.15, 0.2) is 0 Å². The predicted octanol–water partition coefficient (Wildman–Crippen LogP) is 4.06. The lowest BCUT2D eigenvalue weighted by molar-refractivity contribution is 0.578. The van der Waals surface area contributed by atoms with E-state index in [1.54, 1.807) is 11.3 Å². The second-order valence-electron chi connectivity index (χ2n) is 4.00. The number of thiazole rings is 1. The standard InChI is InChI=1S/C13H15BrN2S/c1-9(11-4-3-5-12(14)6-11)15-7-13-8-16-10(2)17-13/h3-6,8-9,15H,7H2,1-2H3/t9-/m1/s1. The maximum atomic E-state index is 4.25. The van der Waals surface area contributed by atoms with Gasteiger partial charge in [0.2, 0.25) is 0 Å². The molecule has 2 rings (SSSR count). The number of aromatic nitrogens is 1. The van der Waals surface area contributed by atoms with Gasteiger partial charge in [-0.25, -0.2) is 4.98 Å². The van der Waals surface area contributed by atoms with Crippen molar-refractivity contribution in [2.75, 3.05) is 0 Å². The molecule has 1 heterocycles. The Hall–Kier alpha value is -0.710. The number of nitrogens with one attached hydrogen (secondary N) is 1. The fourth-order valence-electron chi connectivity index (χ4n) is 1.63. The van der Waals surface area contributed by atoms with Crippen LogP contribution >= 0.6 is 27.3 Å². The number of rotatable bonds is 4. The van der Waals surface area contributed by atoms with Crippen LogP contribution < -0.4 is 5.32 Å². The topological polar surface area (TPSA) is 24.9 Å². The molecular weight excluding hydrogens is 296 g/mol. The molecule has 0 saturated carbocycles. The van der Waals surface area contributed by atoms with E-state index in [4.69, 9.17) is 0 Å². The van der Waals surface area contributed by atoms with Crippen molar-refractivity contribution < 1.29 is 0 Å². The Morgan fingerprint density at radius 2 is 2.29 bits per heavy atom. The van der Waals surface area contributed by atoms with E-state index in [2.05, 4.69) is 51.4 Å². The largest absolute Gasteiger partial charge is 0.305 e. The molecule has 1 atom stereocenters. The second-order valence-corrected chi connectivity index (χ2v) is 6.24. The summed E-state index contributed by atoms with van der Waals surface area (Å²) in [7, 11) is 0. The zero-order valence-electron chi connectivity index (χ0n) is 9.90. The Labute approximate surface area is 114 Å². The van der Waals surface area contributed by atoms with E-state index in [-0.39, 0.29) is 0 Å². The second kappa shape index (κ2) is 5.76. The van der Waals surface area contributed by atoms with Gasteiger partial charge in [-0.2, -0.15) is 0 Å². The van der Waals surface area contributed by atoms with Crippen LogP contribution in [-0.2, 0) is 6.54 Å². The molecule has 0 fully saturated rings. The summed E-state index contributed by atoms with van der Waals surface area (Å²) < 4.78 is 1.12. The van der Waals surface area contributed by atoms with Crippen LogP contribution in [0, 0.1) is 6.92 Å². The summed E-state index contributed by atoms with van der Waals surface area (Å²) in [6.45, 7) is 5.08. The normalized spacial score (nSPS) is 12.6. The molecule has 2 nitrogen and oxygen atoms in total. The molecule has 90 valence electrons. The van der Waals surface area contributed by atoms with Crippen LogP contribution in [0.5, 0.6) is 0 Å². The van der Waals surface area contributed by atoms with Crippen LogP contribution in [0.25, 0.3) is 0 Å². The highest BCUT2D eigenvalue weighted by atomic mass is 79.9. The smallest absolute Gasteiger partial charge is 0.0897 e. The third-order valence-electron chi connectivity index (χ3n) is 2.60. The molecule has 0 aliphatic heterocycles. The Morgan fingerprint density at radius 3 is 2.94 bits per heavy atom. The van der Waals surface area contributed by atoms with Crippen molar-refractivity contribution in [3.05, 3.63) is 50.4 Å². The van der Waals surface area contributed by atoms with E-state index in [1.165, 1.54) is 10.4 Å². The van der Waals surface area contributed by atoms with E-state index in [0.717, 1.165) is 16.0 Å². The van der Waals surface area contributed by atoms with Gasteiger partial charge in [-0.3, -0.25) is 0 Å². The number of hydrogen-bond acceptors (Lipinski definition) is 3. The minimum Gasteiger partial charge on any atom is -0.305 e. The van der Waals surface area contributed by atoms with E-state index in [9.17, 15) is 0 Å². The van der Waals surface area contributed by atoms with Crippen molar-refractivity contribution in [3.63, 3.8) is 0 Å². The van der Waals surface area contributed by atoms with Gasteiger partial charge in [-0.1, -0.05) is 28.1 Å². The molecule has 0 amide bonds. The Balaban J connectivity index is 1.95. The fourth-order valence-corrected chi connectivity index (χ4v) is 2.80. The molecule has 0 aliphatic rings. The molecule has 0 bridgehead atoms. The van der Waals surface area contributed by atoms with E-state index in [1.807, 2.05) is 19.2 Å². The van der Waals surface area contributed by atoms with Crippen LogP contribution in [0.4, 0.5) is 0 Å². The molecule has 17 heavy (non-hydrogen) atoms. The van der Waals surface area contributed by atoms with Gasteiger partial charge < -0.3 is 5.32 Å². The Kier molecular flexibility index (Phi) is 4.31. The quantitative estimate of drug-likeness (QED) is 0.921. The maximum absolute atomic E-state index is 4.25. The molecule has 0 unspecified atom stereocenters. The van der Waals surface area contributed by atoms with Gasteiger partial charge in [0.1, 0.15) is 0 Å². The van der Waals surface area contributed by atoms with Crippen molar-refractivity contribution in [2.24, 2.45) is 0 Å². The third-order valence-corrected chi connectivity index (χ3v) is 4.01. The highest BCUT2D eigenvalue weighted by molar-refractivity contribution is 9.10. The van der Waals surface area contributed by atoms with Gasteiger partial charge in [0.05, 0.1) is 5.01 Å². The number of aryl methyl sites for hydroxylation is 1. The SMILES string of the molecule is Cc1ncc(CN[C@H](C)c2cccc(Br)c2)s1. The van der Waals surface area contributed by atoms with Crippen molar-refractivity contribution in [2.45, 2.75) is 26.4 Å². The molecule has 1 aromatic heterocycles. The highest BCUT2D eigenvalue weighted by Gasteiger charge is 2.06. The Bertz CT molecular complexity index is 496. The lowest BCUT2D eigenvalue weighted by Gasteiger charge is -2.13. The summed E-state index contributed by atoms with van der Waals surface area (Å²) in [5.41, 5.74) is 1.29. The van der Waals surface area contributed by atoms with Crippen LogP contribution in [0.15, 0.2) is 34.9 Å². The number of hydrogen-bond donors (Lipinski definition) is 1. The summed E-state index contributed by atoms with van der Waals surface area (Å²) in [5, 5.41) is 4.63. The minimum atomic E-state index is 0.343. The molecule has 0 saturated heterocycles. The average molecular weight is 311 g/mol. The zero-order chi connectivity index (χ0) is 12.3. The number of benzene rings is 1. The fraction of sp³-hybridized carbons (Fsp3) is 0.308. The van der Waals surface area contributed by atoms with Crippen molar-refractivity contribution in [1.29, 1.82) is 0 Å². The summed E-state index contributed by atoms with van der Waals surface area (Å²) in [5.74, 6) is 0. The Morgan fingerprint density at radius 1 is 1.47 bits per heavy atom. The van der Waals surface area contributed by atoms with Gasteiger partial charge in [0, 0.05) is 28.1 Å². The summed E-state index contributed by atoms with van der Waals surface area (Å²) >= 11 is 5.24. The summed E-state index contributed by atoms with van der Waals surface area (Å²) in [4.78, 5) is 5.53. The third kappa shape index (κ3) is 3.63. The number of halogens is 1. The first-order chi connectivity index (χ1) is 8.15. The van der Waals surface area contributed by atoms with Gasteiger partial charge in [0.25, 0.3) is 0 Å². The first-order valence-electron chi connectivity index (χ1n) is 5.55. The molecule has 4 heteroatoms. The van der Waals surface area contributed by atoms with Crippen LogP contribution in [-0.4, -0.2) is 4.98 Å². The molecule has 0 aliphatic carbocycles. The lowest BCUT2D eigenvalue weighted by Crippen LogP contribution is -2.17. The van der Waals surface area contributed by atoms with Crippen LogP contribution in [0.1, 0.15) is 28.4 Å². The molecule has 2 aromatic rings. The van der Waals surface area contributed by atoms with E-state index >= 15 is 0 Å². The van der Waals surface area contributed by atoms with Crippen molar-refractivity contribution >= 4 is 27.3 Å². The van der Waals surface area contributed by atoms with Gasteiger partial charge >= 0.3 is 0 Å². The molecule has 1 aromatic carbocycles. The molecule has 0 spiro atoms. The van der Waals surface area contributed by atoms with E-state index in [0.29, 0.717) is 6.04 Å².